The second-order valence-corrected chi connectivity index (χ2v) is 9.77. The zero-order valence-corrected chi connectivity index (χ0v) is 20.0. The molecule has 1 aliphatic carbocycles. The Balaban J connectivity index is 1.36. The van der Waals surface area contributed by atoms with Crippen molar-refractivity contribution >= 4 is 17.5 Å². The molecule has 2 aromatic heterocycles. The van der Waals surface area contributed by atoms with Gasteiger partial charge < -0.3 is 10.2 Å². The van der Waals surface area contributed by atoms with Gasteiger partial charge in [0.25, 0.3) is 12.3 Å². The van der Waals surface area contributed by atoms with Crippen molar-refractivity contribution in [3.8, 4) is 11.1 Å². The molecule has 5 rings (SSSR count). The van der Waals surface area contributed by atoms with Gasteiger partial charge in [0.15, 0.2) is 0 Å². The molecule has 1 atom stereocenters. The van der Waals surface area contributed by atoms with Crippen molar-refractivity contribution < 1.29 is 22.8 Å². The maximum absolute atomic E-state index is 14.2. The van der Waals surface area contributed by atoms with Gasteiger partial charge in [0, 0.05) is 37.6 Å². The number of hydrogen-bond acceptors (Lipinski definition) is 4. The van der Waals surface area contributed by atoms with E-state index in [2.05, 4.69) is 15.4 Å². The number of anilines is 1. The lowest BCUT2D eigenvalue weighted by Crippen LogP contribution is -2.34. The number of aromatic nitrogens is 3. The maximum atomic E-state index is 14.2. The molecule has 1 N–H and O–H groups in total. The number of carbonyl (C=O) groups is 2. The number of pyridine rings is 1. The summed E-state index contributed by atoms with van der Waals surface area (Å²) in [5.41, 5.74) is 0.745. The highest BCUT2D eigenvalue weighted by Gasteiger charge is 2.52. The Morgan fingerprint density at radius 2 is 1.97 bits per heavy atom. The van der Waals surface area contributed by atoms with E-state index in [1.807, 2.05) is 6.92 Å². The molecular formula is C26H26F3N5O2. The van der Waals surface area contributed by atoms with E-state index in [9.17, 15) is 22.8 Å². The largest absolute Gasteiger partial charge is 0.347 e. The highest BCUT2D eigenvalue weighted by molar-refractivity contribution is 6.01. The normalized spacial score (nSPS) is 19.8. The average Bonchev–Trinajstić information content (AvgIpc) is 3.55. The van der Waals surface area contributed by atoms with E-state index in [0.29, 0.717) is 35.6 Å². The third-order valence-electron chi connectivity index (χ3n) is 7.11. The zero-order valence-electron chi connectivity index (χ0n) is 20.0. The molecule has 3 aromatic rings. The lowest BCUT2D eigenvalue weighted by atomic mass is 9.83. The van der Waals surface area contributed by atoms with Crippen molar-refractivity contribution in [1.82, 2.24) is 20.1 Å². The predicted octanol–water partition coefficient (Wildman–Crippen LogP) is 4.64. The van der Waals surface area contributed by atoms with E-state index in [-0.39, 0.29) is 23.8 Å². The Labute approximate surface area is 206 Å². The van der Waals surface area contributed by atoms with Gasteiger partial charge in [-0.3, -0.25) is 14.3 Å². The van der Waals surface area contributed by atoms with Crippen molar-refractivity contribution in [2.75, 3.05) is 11.4 Å². The van der Waals surface area contributed by atoms with Crippen LogP contribution in [-0.4, -0.2) is 33.1 Å². The summed E-state index contributed by atoms with van der Waals surface area (Å²) in [5, 5.41) is 6.71. The van der Waals surface area contributed by atoms with Crippen LogP contribution in [0.5, 0.6) is 0 Å². The van der Waals surface area contributed by atoms with Crippen LogP contribution in [0.3, 0.4) is 0 Å². The number of nitrogens with zero attached hydrogens (tertiary/aromatic N) is 4. The summed E-state index contributed by atoms with van der Waals surface area (Å²) in [7, 11) is 1.75. The van der Waals surface area contributed by atoms with Gasteiger partial charge in [0.1, 0.15) is 17.2 Å². The molecule has 0 spiro atoms. The van der Waals surface area contributed by atoms with Crippen LogP contribution < -0.4 is 10.2 Å². The van der Waals surface area contributed by atoms with Gasteiger partial charge in [-0.25, -0.2) is 18.2 Å². The number of rotatable bonds is 7. The molecule has 188 valence electrons. The van der Waals surface area contributed by atoms with Gasteiger partial charge in [-0.15, -0.1) is 0 Å². The van der Waals surface area contributed by atoms with E-state index in [4.69, 9.17) is 0 Å². The number of nitrogens with one attached hydrogen (secondary N) is 1. The summed E-state index contributed by atoms with van der Waals surface area (Å²) in [6.07, 6.45) is 3.06. The van der Waals surface area contributed by atoms with Gasteiger partial charge in [-0.2, -0.15) is 5.10 Å². The topological polar surface area (TPSA) is 80.1 Å². The molecule has 10 heteroatoms. The van der Waals surface area contributed by atoms with Gasteiger partial charge in [-0.05, 0) is 66.6 Å². The quantitative estimate of drug-likeness (QED) is 0.516. The van der Waals surface area contributed by atoms with Gasteiger partial charge in [0.05, 0.1) is 11.6 Å². The summed E-state index contributed by atoms with van der Waals surface area (Å²) in [6.45, 7) is 2.29. The first kappa shape index (κ1) is 24.0. The second kappa shape index (κ2) is 9.07. The third-order valence-corrected chi connectivity index (χ3v) is 7.11. The zero-order chi connectivity index (χ0) is 25.6. The number of aryl methyl sites for hydroxylation is 1. The number of alkyl halides is 2. The fourth-order valence-corrected chi connectivity index (χ4v) is 4.89. The molecule has 2 amide bonds. The van der Waals surface area contributed by atoms with E-state index in [1.165, 1.54) is 29.2 Å². The number of carbonyl (C=O) groups excluding carboxylic acids is 2. The summed E-state index contributed by atoms with van der Waals surface area (Å²) in [6, 6.07) is 6.91. The highest BCUT2D eigenvalue weighted by Crippen LogP contribution is 2.52. The Morgan fingerprint density at radius 1 is 1.19 bits per heavy atom. The van der Waals surface area contributed by atoms with Crippen molar-refractivity contribution in [1.29, 1.82) is 0 Å². The molecule has 0 unspecified atom stereocenters. The fourth-order valence-electron chi connectivity index (χ4n) is 4.89. The third kappa shape index (κ3) is 4.59. The molecule has 1 saturated heterocycles. The monoisotopic (exact) mass is 497 g/mol. The Bertz CT molecular complexity index is 1340. The summed E-state index contributed by atoms with van der Waals surface area (Å²) in [4.78, 5) is 31.3. The smallest absolute Gasteiger partial charge is 0.280 e. The maximum Gasteiger partial charge on any atom is 0.280 e. The van der Waals surface area contributed by atoms with Gasteiger partial charge in [-0.1, -0.05) is 6.92 Å². The fraction of sp³-hybridized carbons (Fsp3) is 0.385. The van der Waals surface area contributed by atoms with Crippen LogP contribution in [-0.2, 0) is 18.4 Å². The van der Waals surface area contributed by atoms with E-state index in [0.717, 1.165) is 12.8 Å². The summed E-state index contributed by atoms with van der Waals surface area (Å²) < 4.78 is 43.1. The van der Waals surface area contributed by atoms with Crippen LogP contribution in [0.1, 0.15) is 54.4 Å². The van der Waals surface area contributed by atoms with Crippen molar-refractivity contribution in [3.63, 3.8) is 0 Å². The molecule has 0 radical (unpaired) electrons. The molecule has 1 aliphatic heterocycles. The van der Waals surface area contributed by atoms with Crippen LogP contribution in [0.4, 0.5) is 18.9 Å². The summed E-state index contributed by atoms with van der Waals surface area (Å²) >= 11 is 0. The van der Waals surface area contributed by atoms with Gasteiger partial charge in [0.2, 0.25) is 5.91 Å². The molecule has 3 heterocycles. The van der Waals surface area contributed by atoms with Crippen molar-refractivity contribution in [2.24, 2.45) is 18.4 Å². The van der Waals surface area contributed by atoms with Crippen LogP contribution in [0.15, 0.2) is 42.7 Å². The number of hydrogen-bond donors (Lipinski definition) is 1. The number of amides is 2. The van der Waals surface area contributed by atoms with Gasteiger partial charge >= 0.3 is 0 Å². The predicted molar refractivity (Wildman–Crippen MR) is 127 cm³/mol. The molecule has 1 aromatic carbocycles. The Hall–Kier alpha value is -3.69. The first-order valence-corrected chi connectivity index (χ1v) is 11.8. The lowest BCUT2D eigenvalue weighted by molar-refractivity contribution is -0.125. The van der Waals surface area contributed by atoms with E-state index >= 15 is 0 Å². The molecule has 2 fully saturated rings. The van der Waals surface area contributed by atoms with E-state index in [1.54, 1.807) is 30.2 Å². The molecule has 1 saturated carbocycles. The first-order chi connectivity index (χ1) is 17.1. The minimum Gasteiger partial charge on any atom is -0.347 e. The van der Waals surface area contributed by atoms with Crippen LogP contribution in [0, 0.1) is 17.2 Å². The minimum atomic E-state index is -2.91. The highest BCUT2D eigenvalue weighted by atomic mass is 19.3. The number of benzene rings is 1. The molecule has 0 bridgehead atoms. The van der Waals surface area contributed by atoms with Crippen molar-refractivity contribution in [2.45, 2.75) is 39.2 Å². The summed E-state index contributed by atoms with van der Waals surface area (Å²) in [5.74, 6) is -0.961. The van der Waals surface area contributed by atoms with Crippen molar-refractivity contribution in [3.05, 3.63) is 65.5 Å². The Morgan fingerprint density at radius 3 is 2.64 bits per heavy atom. The number of halogens is 3. The van der Waals surface area contributed by atoms with Crippen LogP contribution in [0.2, 0.25) is 0 Å². The molecule has 7 nitrogen and oxygen atoms in total. The average molecular weight is 498 g/mol. The molecule has 2 aliphatic rings. The molecule has 36 heavy (non-hydrogen) atoms. The molecular weight excluding hydrogens is 471 g/mol. The van der Waals surface area contributed by atoms with Crippen LogP contribution >= 0.6 is 0 Å². The lowest BCUT2D eigenvalue weighted by Gasteiger charge is -2.23. The van der Waals surface area contributed by atoms with Crippen LogP contribution in [0.25, 0.3) is 11.1 Å². The van der Waals surface area contributed by atoms with E-state index < -0.39 is 29.3 Å². The minimum absolute atomic E-state index is 0.0395. The first-order valence-electron chi connectivity index (χ1n) is 11.8. The Kier molecular flexibility index (Phi) is 6.05. The second-order valence-electron chi connectivity index (χ2n) is 9.77. The SMILES string of the molecule is Cn1cc(-c2cc(F)cc(CNC(=O)c3cc(N4CC[C@@](C)(C5CC5)C4=O)cc(C(F)F)n3)c2)cn1. The standard InChI is InChI=1S/C26H26F3N5O2/c1-26(18-3-4-18)5-6-34(25(26)36)20-10-21(23(28)29)32-22(11-20)24(35)30-12-15-7-16(9-19(27)8-15)17-13-31-33(2)14-17/h7-11,13-14,18,23H,3-6,12H2,1-2H3,(H,30,35)/t26-/m0/s1.